The molecule has 1 fully saturated rings. The van der Waals surface area contributed by atoms with Crippen molar-refractivity contribution in [2.24, 2.45) is 5.92 Å². The highest BCUT2D eigenvalue weighted by atomic mass is 32.2. The Kier molecular flexibility index (Phi) is 5.20. The number of thioether (sulfide) groups is 1. The lowest BCUT2D eigenvalue weighted by Gasteiger charge is -2.27. The first kappa shape index (κ1) is 15.1. The van der Waals surface area contributed by atoms with Crippen LogP contribution in [-0.4, -0.2) is 39.9 Å². The summed E-state index contributed by atoms with van der Waals surface area (Å²) in [6.45, 7) is 2.07. The molecule has 1 amide bonds. The Bertz CT molecular complexity index is 477. The molecule has 0 spiro atoms. The summed E-state index contributed by atoms with van der Waals surface area (Å²) < 4.78 is 0. The van der Waals surface area contributed by atoms with E-state index in [2.05, 4.69) is 0 Å². The second kappa shape index (κ2) is 6.90. The van der Waals surface area contributed by atoms with Crippen molar-refractivity contribution in [1.82, 2.24) is 4.90 Å². The Hall–Kier alpha value is -1.33. The molecule has 0 aromatic heterocycles. The van der Waals surface area contributed by atoms with Gasteiger partial charge in [-0.15, -0.1) is 0 Å². The summed E-state index contributed by atoms with van der Waals surface area (Å²) in [7, 11) is 0. The van der Waals surface area contributed by atoms with Crippen molar-refractivity contribution in [3.63, 3.8) is 0 Å². The molecule has 1 N–H and O–H groups in total. The molecule has 2 rings (SSSR count). The zero-order valence-electron chi connectivity index (χ0n) is 11.5. The Balaban J connectivity index is 2.04. The zero-order valence-corrected chi connectivity index (χ0v) is 12.3. The van der Waals surface area contributed by atoms with Crippen molar-refractivity contribution in [3.05, 3.63) is 35.9 Å². The number of rotatable bonds is 5. The van der Waals surface area contributed by atoms with E-state index in [4.69, 9.17) is 0 Å². The van der Waals surface area contributed by atoms with Crippen LogP contribution >= 0.6 is 11.8 Å². The van der Waals surface area contributed by atoms with Crippen LogP contribution in [0.5, 0.6) is 0 Å². The predicted octanol–water partition coefficient (Wildman–Crippen LogP) is 1.85. The number of benzene rings is 1. The predicted molar refractivity (Wildman–Crippen MR) is 79.2 cm³/mol. The Morgan fingerprint density at radius 2 is 2.15 bits per heavy atom. The van der Waals surface area contributed by atoms with Gasteiger partial charge in [0.15, 0.2) is 5.12 Å². The van der Waals surface area contributed by atoms with E-state index in [0.29, 0.717) is 18.7 Å². The minimum atomic E-state index is -0.281. The average molecular weight is 293 g/mol. The summed E-state index contributed by atoms with van der Waals surface area (Å²) in [6, 6.07) is 9.28. The second-order valence-corrected chi connectivity index (χ2v) is 6.22. The minimum absolute atomic E-state index is 0.0575. The van der Waals surface area contributed by atoms with Crippen LogP contribution in [0.15, 0.2) is 30.3 Å². The normalized spacial score (nSPS) is 20.2. The fourth-order valence-electron chi connectivity index (χ4n) is 2.52. The molecule has 4 nitrogen and oxygen atoms in total. The minimum Gasteiger partial charge on any atom is -0.394 e. The Morgan fingerprint density at radius 1 is 1.45 bits per heavy atom. The summed E-state index contributed by atoms with van der Waals surface area (Å²) in [4.78, 5) is 24.9. The van der Waals surface area contributed by atoms with Crippen molar-refractivity contribution in [3.8, 4) is 0 Å². The lowest BCUT2D eigenvalue weighted by Crippen LogP contribution is -2.32. The molecule has 108 valence electrons. The number of carbonyl (C=O) groups excluding carboxylic acids is 2. The van der Waals surface area contributed by atoms with Gasteiger partial charge in [0.05, 0.1) is 12.6 Å². The molecule has 0 radical (unpaired) electrons. The van der Waals surface area contributed by atoms with E-state index < -0.39 is 0 Å². The zero-order chi connectivity index (χ0) is 14.5. The molecule has 5 heteroatoms. The number of likely N-dealkylation sites (tertiary alicyclic amines) is 1. The van der Waals surface area contributed by atoms with Crippen molar-refractivity contribution in [2.75, 3.05) is 18.9 Å². The molecule has 2 atom stereocenters. The van der Waals surface area contributed by atoms with Crippen LogP contribution < -0.4 is 0 Å². The molecule has 1 heterocycles. The highest BCUT2D eigenvalue weighted by molar-refractivity contribution is 8.13. The van der Waals surface area contributed by atoms with Crippen molar-refractivity contribution in [1.29, 1.82) is 0 Å². The molecule has 2 unspecified atom stereocenters. The molecular formula is C15H19NO3S. The van der Waals surface area contributed by atoms with Gasteiger partial charge in [-0.25, -0.2) is 0 Å². The van der Waals surface area contributed by atoms with Crippen molar-refractivity contribution >= 4 is 22.8 Å². The molecule has 0 saturated carbocycles. The van der Waals surface area contributed by atoms with Gasteiger partial charge in [-0.05, 0) is 11.5 Å². The maximum absolute atomic E-state index is 12.1. The Labute approximate surface area is 123 Å². The molecule has 0 aliphatic carbocycles. The maximum Gasteiger partial charge on any atom is 0.223 e. The van der Waals surface area contributed by atoms with Gasteiger partial charge in [0.2, 0.25) is 5.91 Å². The number of nitrogens with zero attached hydrogens (tertiary/aromatic N) is 1. The van der Waals surface area contributed by atoms with E-state index >= 15 is 0 Å². The van der Waals surface area contributed by atoms with Crippen LogP contribution in [0.3, 0.4) is 0 Å². The summed E-state index contributed by atoms with van der Waals surface area (Å²) in [5.41, 5.74) is 0.947. The SMILES string of the molecule is CC(=O)SCC1CC(=O)N(C(CO)c2ccccc2)C1. The third-order valence-electron chi connectivity index (χ3n) is 3.49. The summed E-state index contributed by atoms with van der Waals surface area (Å²) in [5, 5.41) is 9.69. The Morgan fingerprint density at radius 3 is 2.75 bits per heavy atom. The average Bonchev–Trinajstić information content (AvgIpc) is 2.80. The van der Waals surface area contributed by atoms with Crippen LogP contribution in [0.2, 0.25) is 0 Å². The van der Waals surface area contributed by atoms with E-state index in [1.165, 1.54) is 11.8 Å². The first-order valence-electron chi connectivity index (χ1n) is 6.70. The first-order valence-corrected chi connectivity index (χ1v) is 7.69. The number of aliphatic hydroxyl groups excluding tert-OH is 1. The van der Waals surface area contributed by atoms with Crippen LogP contribution in [0.25, 0.3) is 0 Å². The summed E-state index contributed by atoms with van der Waals surface area (Å²) in [5.74, 6) is 0.918. The number of amides is 1. The van der Waals surface area contributed by atoms with Gasteiger partial charge in [-0.1, -0.05) is 42.1 Å². The van der Waals surface area contributed by atoms with E-state index in [0.717, 1.165) is 5.56 Å². The third kappa shape index (κ3) is 3.61. The molecular weight excluding hydrogens is 274 g/mol. The lowest BCUT2D eigenvalue weighted by molar-refractivity contribution is -0.130. The van der Waals surface area contributed by atoms with Gasteiger partial charge in [-0.2, -0.15) is 0 Å². The summed E-state index contributed by atoms with van der Waals surface area (Å²) in [6.07, 6.45) is 0.462. The first-order chi connectivity index (χ1) is 9.61. The van der Waals surface area contributed by atoms with Gasteiger partial charge in [0, 0.05) is 25.6 Å². The summed E-state index contributed by atoms with van der Waals surface area (Å²) >= 11 is 1.27. The van der Waals surface area contributed by atoms with Crippen molar-refractivity contribution in [2.45, 2.75) is 19.4 Å². The van der Waals surface area contributed by atoms with E-state index in [1.807, 2.05) is 30.3 Å². The monoisotopic (exact) mass is 293 g/mol. The molecule has 1 aliphatic rings. The van der Waals surface area contributed by atoms with Gasteiger partial charge < -0.3 is 10.0 Å². The molecule has 1 saturated heterocycles. The number of carbonyl (C=O) groups is 2. The fourth-order valence-corrected chi connectivity index (χ4v) is 3.21. The standard InChI is InChI=1S/C15H19NO3S/c1-11(18)20-10-12-7-15(19)16(8-12)14(9-17)13-5-3-2-4-6-13/h2-6,12,14,17H,7-10H2,1H3. The van der Waals surface area contributed by atoms with E-state index in [9.17, 15) is 14.7 Å². The molecule has 1 aliphatic heterocycles. The van der Waals surface area contributed by atoms with E-state index in [-0.39, 0.29) is 29.6 Å². The number of hydrogen-bond donors (Lipinski definition) is 1. The largest absolute Gasteiger partial charge is 0.394 e. The topological polar surface area (TPSA) is 57.6 Å². The molecule has 0 bridgehead atoms. The molecule has 1 aromatic rings. The second-order valence-electron chi connectivity index (χ2n) is 5.03. The van der Waals surface area contributed by atoms with Gasteiger partial charge in [0.25, 0.3) is 0 Å². The molecule has 1 aromatic carbocycles. The smallest absolute Gasteiger partial charge is 0.223 e. The van der Waals surface area contributed by atoms with Gasteiger partial charge >= 0.3 is 0 Å². The van der Waals surface area contributed by atoms with Crippen LogP contribution in [0.1, 0.15) is 24.9 Å². The highest BCUT2D eigenvalue weighted by Gasteiger charge is 2.34. The maximum atomic E-state index is 12.1. The molecule has 20 heavy (non-hydrogen) atoms. The van der Waals surface area contributed by atoms with Gasteiger partial charge in [0.1, 0.15) is 0 Å². The number of hydrogen-bond acceptors (Lipinski definition) is 4. The van der Waals surface area contributed by atoms with Crippen LogP contribution in [-0.2, 0) is 9.59 Å². The number of aliphatic hydroxyl groups is 1. The fraction of sp³-hybridized carbons (Fsp3) is 0.467. The van der Waals surface area contributed by atoms with Crippen LogP contribution in [0, 0.1) is 5.92 Å². The van der Waals surface area contributed by atoms with Gasteiger partial charge in [-0.3, -0.25) is 9.59 Å². The van der Waals surface area contributed by atoms with Crippen LogP contribution in [0.4, 0.5) is 0 Å². The third-order valence-corrected chi connectivity index (χ3v) is 4.54. The highest BCUT2D eigenvalue weighted by Crippen LogP contribution is 2.30. The lowest BCUT2D eigenvalue weighted by atomic mass is 10.1. The van der Waals surface area contributed by atoms with E-state index in [1.54, 1.807) is 11.8 Å². The quantitative estimate of drug-likeness (QED) is 0.900. The van der Waals surface area contributed by atoms with Crippen molar-refractivity contribution < 1.29 is 14.7 Å².